The summed E-state index contributed by atoms with van der Waals surface area (Å²) in [5.41, 5.74) is -0.500. The van der Waals surface area contributed by atoms with Crippen LogP contribution in [0.4, 0.5) is 0 Å². The van der Waals surface area contributed by atoms with Gasteiger partial charge in [-0.25, -0.2) is 0 Å². The van der Waals surface area contributed by atoms with Crippen LogP contribution in [-0.4, -0.2) is 69.8 Å². The third kappa shape index (κ3) is 73.6. The van der Waals surface area contributed by atoms with Gasteiger partial charge in [-0.15, -0.1) is 0 Å². The van der Waals surface area contributed by atoms with Gasteiger partial charge in [0.25, 0.3) is 0 Å². The van der Waals surface area contributed by atoms with E-state index in [0.717, 1.165) is 0 Å². The van der Waals surface area contributed by atoms with Crippen LogP contribution in [0.2, 0.25) is 0 Å². The van der Waals surface area contributed by atoms with Crippen LogP contribution in [0.3, 0.4) is 0 Å². The van der Waals surface area contributed by atoms with Crippen molar-refractivity contribution in [3.05, 3.63) is 0 Å². The van der Waals surface area contributed by atoms with Crippen LogP contribution < -0.4 is 0 Å². The molecule has 0 atom stereocenters. The molecule has 1 nitrogen and oxygen atoms in total. The van der Waals surface area contributed by atoms with Gasteiger partial charge in [0.2, 0.25) is 0 Å². The Kier molecular flexibility index (Phi) is 13.9. The monoisotopic (exact) mass is 122 g/mol. The summed E-state index contributed by atoms with van der Waals surface area (Å²) >= 11 is 0. The Hall–Kier alpha value is 1.96. The van der Waals surface area contributed by atoms with E-state index in [0.29, 0.717) is 0 Å². The van der Waals surface area contributed by atoms with Crippen molar-refractivity contribution in [1.29, 1.82) is 0 Å². The molecule has 0 aliphatic heterocycles. The number of hydrogen-bond donors (Lipinski definition) is 1. The van der Waals surface area contributed by atoms with Gasteiger partial charge >= 0.3 is 59.1 Å². The second-order valence-corrected chi connectivity index (χ2v) is 2.17. The van der Waals surface area contributed by atoms with Crippen LogP contribution in [0.15, 0.2) is 0 Å². The zero-order valence-electron chi connectivity index (χ0n) is 3.95. The molecule has 0 aromatic carbocycles. The molecule has 0 amide bonds. The Balaban J connectivity index is -0.0000000800. The van der Waals surface area contributed by atoms with Crippen LogP contribution >= 0.6 is 0 Å². The summed E-state index contributed by atoms with van der Waals surface area (Å²) in [7, 11) is 0. The minimum atomic E-state index is -0.500. The Morgan fingerprint density at radius 3 is 1.00 bits per heavy atom. The Morgan fingerprint density at radius 2 is 1.00 bits per heavy atom. The van der Waals surface area contributed by atoms with Crippen LogP contribution in [0.5, 0.6) is 0 Å². The topological polar surface area (TPSA) is 20.2 Å². The predicted molar refractivity (Wildman–Crippen MR) is 36.3 cm³/mol. The third-order valence-corrected chi connectivity index (χ3v) is 0. The standard InChI is InChI=1S/C4H10O.2Na.2H/c1-4(2,3)5;;;;/h5H,1-3H3;;;;. The Morgan fingerprint density at radius 1 is 1.00 bits per heavy atom. The van der Waals surface area contributed by atoms with E-state index in [-0.39, 0.29) is 59.1 Å². The van der Waals surface area contributed by atoms with Crippen LogP contribution in [0, 0.1) is 0 Å². The molecule has 0 heterocycles. The van der Waals surface area contributed by atoms with Gasteiger partial charge in [0.15, 0.2) is 0 Å². The predicted octanol–water partition coefficient (Wildman–Crippen LogP) is -0.520. The first-order chi connectivity index (χ1) is 2.00. The maximum absolute atomic E-state index is 8.52. The quantitative estimate of drug-likeness (QED) is 0.429. The third-order valence-electron chi connectivity index (χ3n) is 0. The molecule has 0 spiro atoms. The summed E-state index contributed by atoms with van der Waals surface area (Å²) in [5, 5.41) is 8.52. The number of hydrogen-bond acceptors (Lipinski definition) is 1. The van der Waals surface area contributed by atoms with Crippen molar-refractivity contribution >= 4 is 59.1 Å². The molecule has 0 aliphatic carbocycles. The van der Waals surface area contributed by atoms with E-state index in [1.165, 1.54) is 0 Å². The van der Waals surface area contributed by atoms with Crippen molar-refractivity contribution in [3.63, 3.8) is 0 Å². The van der Waals surface area contributed by atoms with Crippen molar-refractivity contribution in [1.82, 2.24) is 0 Å². The molecule has 0 aliphatic rings. The van der Waals surface area contributed by atoms with E-state index in [4.69, 9.17) is 5.11 Å². The molecule has 0 aromatic heterocycles. The average molecular weight is 122 g/mol. The van der Waals surface area contributed by atoms with Gasteiger partial charge in [-0.2, -0.15) is 0 Å². The molecule has 0 aromatic rings. The Bertz CT molecular complexity index is 25.2. The second kappa shape index (κ2) is 6.09. The van der Waals surface area contributed by atoms with Gasteiger partial charge in [-0.05, 0) is 20.8 Å². The molecule has 0 unspecified atom stereocenters. The van der Waals surface area contributed by atoms with E-state index in [1.54, 1.807) is 20.8 Å². The first kappa shape index (κ1) is 16.0. The fraction of sp³-hybridized carbons (Fsp3) is 1.00. The molecule has 0 rings (SSSR count). The zero-order chi connectivity index (χ0) is 4.50. The van der Waals surface area contributed by atoms with Crippen molar-refractivity contribution in [3.8, 4) is 0 Å². The van der Waals surface area contributed by atoms with Crippen molar-refractivity contribution < 1.29 is 5.11 Å². The van der Waals surface area contributed by atoms with Crippen molar-refractivity contribution in [2.45, 2.75) is 26.4 Å². The Labute approximate surface area is 89.5 Å². The van der Waals surface area contributed by atoms with Gasteiger partial charge in [0.05, 0.1) is 5.60 Å². The first-order valence-electron chi connectivity index (χ1n) is 1.72. The number of rotatable bonds is 0. The van der Waals surface area contributed by atoms with Crippen LogP contribution in [0.25, 0.3) is 0 Å². The van der Waals surface area contributed by atoms with Gasteiger partial charge in [0.1, 0.15) is 0 Å². The molecule has 3 heteroatoms. The van der Waals surface area contributed by atoms with Gasteiger partial charge in [-0.3, -0.25) is 0 Å². The van der Waals surface area contributed by atoms with E-state index in [2.05, 4.69) is 0 Å². The molecular formula is C4H12Na2O. The molecule has 0 bridgehead atoms. The van der Waals surface area contributed by atoms with E-state index in [1.807, 2.05) is 0 Å². The van der Waals surface area contributed by atoms with Crippen LogP contribution in [-0.2, 0) is 0 Å². The summed E-state index contributed by atoms with van der Waals surface area (Å²) in [6.07, 6.45) is 0. The summed E-state index contributed by atoms with van der Waals surface area (Å²) in [5.74, 6) is 0. The van der Waals surface area contributed by atoms with E-state index in [9.17, 15) is 0 Å². The fourth-order valence-electron chi connectivity index (χ4n) is 0. The molecule has 0 saturated heterocycles. The molecule has 0 fully saturated rings. The van der Waals surface area contributed by atoms with Gasteiger partial charge in [0, 0.05) is 0 Å². The number of aliphatic hydroxyl groups is 1. The zero-order valence-corrected chi connectivity index (χ0v) is 3.95. The van der Waals surface area contributed by atoms with Crippen molar-refractivity contribution in [2.24, 2.45) is 0 Å². The van der Waals surface area contributed by atoms with Gasteiger partial charge < -0.3 is 5.11 Å². The molecule has 1 N–H and O–H groups in total. The summed E-state index contributed by atoms with van der Waals surface area (Å²) in [6, 6.07) is 0. The summed E-state index contributed by atoms with van der Waals surface area (Å²) in [4.78, 5) is 0. The van der Waals surface area contributed by atoms with Crippen molar-refractivity contribution in [2.75, 3.05) is 0 Å². The SMILES string of the molecule is CC(C)(C)O.[NaH].[NaH]. The van der Waals surface area contributed by atoms with Crippen LogP contribution in [0.1, 0.15) is 20.8 Å². The summed E-state index contributed by atoms with van der Waals surface area (Å²) < 4.78 is 0. The van der Waals surface area contributed by atoms with E-state index < -0.39 is 5.60 Å². The average Bonchev–Trinajstić information content (AvgIpc) is 0.722. The van der Waals surface area contributed by atoms with Gasteiger partial charge in [-0.1, -0.05) is 0 Å². The molecule has 0 radical (unpaired) electrons. The maximum atomic E-state index is 8.52. The second-order valence-electron chi connectivity index (χ2n) is 2.17. The molecule has 7 heavy (non-hydrogen) atoms. The molecule has 0 saturated carbocycles. The fourth-order valence-corrected chi connectivity index (χ4v) is 0. The molecular weight excluding hydrogens is 110 g/mol. The minimum absolute atomic E-state index is 0. The molecule has 36 valence electrons. The van der Waals surface area contributed by atoms with E-state index >= 15 is 0 Å². The normalized spacial score (nSPS) is 8.57. The summed E-state index contributed by atoms with van der Waals surface area (Å²) in [6.45, 7) is 5.23. The first-order valence-corrected chi connectivity index (χ1v) is 1.72.